The van der Waals surface area contributed by atoms with Crippen LogP contribution in [0.2, 0.25) is 0 Å². The van der Waals surface area contributed by atoms with E-state index in [0.717, 1.165) is 16.3 Å². The van der Waals surface area contributed by atoms with Gasteiger partial charge >= 0.3 is 0 Å². The Morgan fingerprint density at radius 2 is 1.95 bits per heavy atom. The van der Waals surface area contributed by atoms with Crippen LogP contribution in [0.4, 0.5) is 4.39 Å². The molecule has 108 valence electrons. The molecule has 0 N–H and O–H groups in total. The number of aromatic nitrogens is 2. The standard InChI is InChI=1S/C16H10FN3S2/c1-10-8-21-16(19-10)12(7-18)6-14-9-22-15(20-14)11-2-4-13(17)5-3-11/h2-6,8-9H,1H3. The van der Waals surface area contributed by atoms with Crippen LogP contribution in [-0.2, 0) is 0 Å². The molecule has 3 nitrogen and oxygen atoms in total. The average Bonchev–Trinajstić information content (AvgIpc) is 3.15. The lowest BCUT2D eigenvalue weighted by atomic mass is 10.2. The maximum Gasteiger partial charge on any atom is 0.134 e. The highest BCUT2D eigenvalue weighted by molar-refractivity contribution is 7.13. The van der Waals surface area contributed by atoms with Gasteiger partial charge in [-0.3, -0.25) is 0 Å². The van der Waals surface area contributed by atoms with E-state index in [0.29, 0.717) is 16.3 Å². The third kappa shape index (κ3) is 3.11. The molecule has 0 saturated heterocycles. The van der Waals surface area contributed by atoms with Gasteiger partial charge in [0.05, 0.1) is 11.3 Å². The molecule has 2 heterocycles. The van der Waals surface area contributed by atoms with Crippen LogP contribution in [0, 0.1) is 24.1 Å². The Bertz CT molecular complexity index is 869. The highest BCUT2D eigenvalue weighted by Gasteiger charge is 2.08. The van der Waals surface area contributed by atoms with E-state index < -0.39 is 0 Å². The van der Waals surface area contributed by atoms with E-state index in [1.165, 1.54) is 34.8 Å². The van der Waals surface area contributed by atoms with Crippen LogP contribution in [0.1, 0.15) is 16.4 Å². The predicted molar refractivity (Wildman–Crippen MR) is 87.8 cm³/mol. The number of nitriles is 1. The summed E-state index contributed by atoms with van der Waals surface area (Å²) in [4.78, 5) is 8.79. The zero-order valence-electron chi connectivity index (χ0n) is 11.6. The Kier molecular flexibility index (Phi) is 4.09. The largest absolute Gasteiger partial charge is 0.241 e. The molecule has 3 aromatic rings. The summed E-state index contributed by atoms with van der Waals surface area (Å²) in [5, 5.41) is 14.5. The second-order valence-corrected chi connectivity index (χ2v) is 6.26. The van der Waals surface area contributed by atoms with E-state index in [1.807, 2.05) is 17.7 Å². The predicted octanol–water partition coefficient (Wildman–Crippen LogP) is 4.78. The number of benzene rings is 1. The van der Waals surface area contributed by atoms with Gasteiger partial charge in [0, 0.05) is 22.0 Å². The van der Waals surface area contributed by atoms with Crippen molar-refractivity contribution in [3.05, 3.63) is 57.2 Å². The van der Waals surface area contributed by atoms with Crippen LogP contribution in [0.15, 0.2) is 35.0 Å². The normalized spacial score (nSPS) is 11.4. The Labute approximate surface area is 135 Å². The molecular formula is C16H10FN3S2. The summed E-state index contributed by atoms with van der Waals surface area (Å²) in [6.07, 6.45) is 1.72. The summed E-state index contributed by atoms with van der Waals surface area (Å²) >= 11 is 2.90. The van der Waals surface area contributed by atoms with Crippen LogP contribution in [0.5, 0.6) is 0 Å². The topological polar surface area (TPSA) is 49.6 Å². The number of thiazole rings is 2. The van der Waals surface area contributed by atoms with Gasteiger partial charge in [-0.25, -0.2) is 14.4 Å². The molecule has 2 aromatic heterocycles. The molecule has 22 heavy (non-hydrogen) atoms. The van der Waals surface area contributed by atoms with Gasteiger partial charge in [0.25, 0.3) is 0 Å². The zero-order chi connectivity index (χ0) is 15.5. The zero-order valence-corrected chi connectivity index (χ0v) is 13.2. The van der Waals surface area contributed by atoms with Crippen molar-refractivity contribution >= 4 is 34.3 Å². The maximum atomic E-state index is 12.9. The van der Waals surface area contributed by atoms with E-state index in [2.05, 4.69) is 16.0 Å². The van der Waals surface area contributed by atoms with E-state index in [1.54, 1.807) is 18.2 Å². The first-order valence-corrected chi connectivity index (χ1v) is 8.17. The quantitative estimate of drug-likeness (QED) is 0.651. The fourth-order valence-corrected chi connectivity index (χ4v) is 3.39. The highest BCUT2D eigenvalue weighted by Crippen LogP contribution is 2.27. The highest BCUT2D eigenvalue weighted by atomic mass is 32.1. The minimum Gasteiger partial charge on any atom is -0.241 e. The monoisotopic (exact) mass is 327 g/mol. The summed E-state index contributed by atoms with van der Waals surface area (Å²) in [6.45, 7) is 1.89. The van der Waals surface area contributed by atoms with Crippen molar-refractivity contribution < 1.29 is 4.39 Å². The number of hydrogen-bond acceptors (Lipinski definition) is 5. The number of hydrogen-bond donors (Lipinski definition) is 0. The van der Waals surface area contributed by atoms with E-state index in [-0.39, 0.29) is 5.82 Å². The third-order valence-electron chi connectivity index (χ3n) is 2.88. The summed E-state index contributed by atoms with van der Waals surface area (Å²) in [6, 6.07) is 8.36. The molecular weight excluding hydrogens is 317 g/mol. The van der Waals surface area contributed by atoms with Crippen molar-refractivity contribution in [3.63, 3.8) is 0 Å². The first kappa shape index (κ1) is 14.6. The molecule has 0 atom stereocenters. The minimum absolute atomic E-state index is 0.272. The van der Waals surface area contributed by atoms with Gasteiger partial charge in [-0.1, -0.05) is 0 Å². The minimum atomic E-state index is -0.272. The van der Waals surface area contributed by atoms with Crippen LogP contribution >= 0.6 is 22.7 Å². The molecule has 3 rings (SSSR count). The molecule has 0 spiro atoms. The number of aryl methyl sites for hydroxylation is 1. The van der Waals surface area contributed by atoms with Crippen molar-refractivity contribution in [3.8, 4) is 16.6 Å². The first-order valence-electron chi connectivity index (χ1n) is 6.41. The summed E-state index contributed by atoms with van der Waals surface area (Å²) in [7, 11) is 0. The molecule has 0 aliphatic rings. The van der Waals surface area contributed by atoms with Crippen LogP contribution < -0.4 is 0 Å². The van der Waals surface area contributed by atoms with Crippen molar-refractivity contribution in [2.75, 3.05) is 0 Å². The Hall–Kier alpha value is -2.36. The lowest BCUT2D eigenvalue weighted by Gasteiger charge is -1.95. The van der Waals surface area contributed by atoms with E-state index in [4.69, 9.17) is 0 Å². The Balaban J connectivity index is 1.91. The van der Waals surface area contributed by atoms with Crippen molar-refractivity contribution in [2.24, 2.45) is 0 Å². The lowest BCUT2D eigenvalue weighted by Crippen LogP contribution is -1.82. The number of halogens is 1. The molecule has 0 aliphatic heterocycles. The van der Waals surface area contributed by atoms with Crippen LogP contribution in [0.25, 0.3) is 22.2 Å². The third-order valence-corrected chi connectivity index (χ3v) is 4.78. The van der Waals surface area contributed by atoms with Crippen molar-refractivity contribution in [2.45, 2.75) is 6.92 Å². The van der Waals surface area contributed by atoms with Gasteiger partial charge in [0.1, 0.15) is 21.9 Å². The second-order valence-electron chi connectivity index (χ2n) is 4.55. The molecule has 0 aliphatic carbocycles. The molecule has 0 unspecified atom stereocenters. The first-order chi connectivity index (χ1) is 10.7. The molecule has 1 aromatic carbocycles. The van der Waals surface area contributed by atoms with Gasteiger partial charge in [-0.05, 0) is 37.3 Å². The second kappa shape index (κ2) is 6.18. The number of allylic oxidation sites excluding steroid dienone is 1. The Morgan fingerprint density at radius 3 is 2.59 bits per heavy atom. The van der Waals surface area contributed by atoms with Gasteiger partial charge in [-0.15, -0.1) is 22.7 Å². The van der Waals surface area contributed by atoms with Crippen LogP contribution in [-0.4, -0.2) is 9.97 Å². The lowest BCUT2D eigenvalue weighted by molar-refractivity contribution is 0.628. The van der Waals surface area contributed by atoms with Gasteiger partial charge in [0.15, 0.2) is 0 Å². The van der Waals surface area contributed by atoms with Crippen molar-refractivity contribution in [1.82, 2.24) is 9.97 Å². The molecule has 6 heteroatoms. The smallest absolute Gasteiger partial charge is 0.134 e. The summed E-state index contributed by atoms with van der Waals surface area (Å²) < 4.78 is 12.9. The molecule has 0 bridgehead atoms. The Morgan fingerprint density at radius 1 is 1.18 bits per heavy atom. The number of rotatable bonds is 3. The fraction of sp³-hybridized carbons (Fsp3) is 0.0625. The van der Waals surface area contributed by atoms with Crippen LogP contribution in [0.3, 0.4) is 0 Å². The van der Waals surface area contributed by atoms with Gasteiger partial charge in [-0.2, -0.15) is 5.26 Å². The van der Waals surface area contributed by atoms with E-state index in [9.17, 15) is 9.65 Å². The molecule has 0 fully saturated rings. The molecule has 0 saturated carbocycles. The van der Waals surface area contributed by atoms with E-state index >= 15 is 0 Å². The maximum absolute atomic E-state index is 12.9. The fourth-order valence-electron chi connectivity index (χ4n) is 1.84. The van der Waals surface area contributed by atoms with Gasteiger partial charge in [0.2, 0.25) is 0 Å². The number of nitrogens with zero attached hydrogens (tertiary/aromatic N) is 3. The SMILES string of the molecule is Cc1csc(C(C#N)=Cc2csc(-c3ccc(F)cc3)n2)n1. The molecule has 0 amide bonds. The average molecular weight is 327 g/mol. The summed E-state index contributed by atoms with van der Waals surface area (Å²) in [5.41, 5.74) is 2.95. The molecule has 0 radical (unpaired) electrons. The summed E-state index contributed by atoms with van der Waals surface area (Å²) in [5.74, 6) is -0.272. The van der Waals surface area contributed by atoms with Crippen molar-refractivity contribution in [1.29, 1.82) is 5.26 Å². The van der Waals surface area contributed by atoms with Gasteiger partial charge < -0.3 is 0 Å².